The van der Waals surface area contributed by atoms with Crippen molar-refractivity contribution in [3.05, 3.63) is 66.2 Å². The van der Waals surface area contributed by atoms with Gasteiger partial charge in [0.25, 0.3) is 0 Å². The Balaban J connectivity index is 2.17. The molecule has 3 aromatic rings. The normalized spacial score (nSPS) is 13.1. The molecule has 0 aliphatic heterocycles. The first kappa shape index (κ1) is 18.8. The predicted octanol–water partition coefficient (Wildman–Crippen LogP) is 3.70. The van der Waals surface area contributed by atoms with Gasteiger partial charge in [-0.3, -0.25) is 0 Å². The Kier molecular flexibility index (Phi) is 5.28. The van der Waals surface area contributed by atoms with E-state index >= 15 is 0 Å². The molecule has 0 saturated carbocycles. The summed E-state index contributed by atoms with van der Waals surface area (Å²) in [6.45, 7) is 1.93. The van der Waals surface area contributed by atoms with Gasteiger partial charge in [-0.15, -0.1) is 0 Å². The van der Waals surface area contributed by atoms with E-state index in [-0.39, 0.29) is 4.90 Å². The Labute approximate surface area is 159 Å². The molecule has 1 atom stereocenters. The van der Waals surface area contributed by atoms with Gasteiger partial charge in [0.2, 0.25) is 0 Å². The maximum absolute atomic E-state index is 12.7. The predicted molar refractivity (Wildman–Crippen MR) is 110 cm³/mol. The number of nitrogens with zero attached hydrogens (tertiary/aromatic N) is 2. The van der Waals surface area contributed by atoms with Crippen LogP contribution in [-0.2, 0) is 10.0 Å². The van der Waals surface area contributed by atoms with Gasteiger partial charge in [0.05, 0.1) is 0 Å². The van der Waals surface area contributed by atoms with Crippen molar-refractivity contribution in [2.45, 2.75) is 17.6 Å². The van der Waals surface area contributed by atoms with E-state index in [0.29, 0.717) is 0 Å². The molecule has 0 aromatic heterocycles. The number of hydrogen-bond acceptors (Lipinski definition) is 3. The number of hydrogen-bond donors (Lipinski definition) is 0. The Morgan fingerprint density at radius 3 is 2.15 bits per heavy atom. The third kappa shape index (κ3) is 3.73. The number of aryl methyl sites for hydroxylation is 1. The van der Waals surface area contributed by atoms with Crippen LogP contribution in [0.2, 0.25) is 5.82 Å². The molecule has 1 unspecified atom stereocenters. The molecule has 0 aliphatic rings. The summed E-state index contributed by atoms with van der Waals surface area (Å²) in [6, 6.07) is 19.0. The van der Waals surface area contributed by atoms with Crippen molar-refractivity contribution in [1.82, 2.24) is 0 Å². The minimum absolute atomic E-state index is 0.256. The fourth-order valence-corrected chi connectivity index (χ4v) is 8.35. The van der Waals surface area contributed by atoms with Gasteiger partial charge in [0.1, 0.15) is 0 Å². The third-order valence-corrected chi connectivity index (χ3v) is 10.2. The summed E-state index contributed by atoms with van der Waals surface area (Å²) in [5.41, 5.74) is 2.11. The SMILES string of the molecule is Cc1ccc(S(=O)(=O)/N=[Se](\C)c2cccc3cccc(N(C)C)c23)cc1. The Bertz CT molecular complexity index is 1080. The summed E-state index contributed by atoms with van der Waals surface area (Å²) in [5.74, 6) is 1.95. The van der Waals surface area contributed by atoms with Gasteiger partial charge < -0.3 is 0 Å². The van der Waals surface area contributed by atoms with Crippen molar-refractivity contribution in [2.75, 3.05) is 19.0 Å². The quantitative estimate of drug-likeness (QED) is 0.590. The Morgan fingerprint density at radius 1 is 0.923 bits per heavy atom. The second kappa shape index (κ2) is 7.31. The van der Waals surface area contributed by atoms with Gasteiger partial charge in [-0.2, -0.15) is 0 Å². The van der Waals surface area contributed by atoms with Crippen molar-refractivity contribution < 1.29 is 8.42 Å². The fraction of sp³-hybridized carbons (Fsp3) is 0.200. The van der Waals surface area contributed by atoms with Crippen molar-refractivity contribution in [2.24, 2.45) is 3.37 Å². The molecule has 0 bridgehead atoms. The summed E-state index contributed by atoms with van der Waals surface area (Å²) < 4.78 is 30.8. The van der Waals surface area contributed by atoms with Crippen LogP contribution < -0.4 is 9.36 Å². The summed E-state index contributed by atoms with van der Waals surface area (Å²) in [5, 5.41) is 2.20. The number of anilines is 1. The molecule has 0 saturated heterocycles. The molecule has 136 valence electrons. The van der Waals surface area contributed by atoms with Crippen LogP contribution in [0.15, 0.2) is 68.9 Å². The zero-order valence-corrected chi connectivity index (χ0v) is 17.8. The van der Waals surface area contributed by atoms with Crippen LogP contribution in [0, 0.1) is 6.92 Å². The van der Waals surface area contributed by atoms with Crippen LogP contribution in [0.25, 0.3) is 10.8 Å². The van der Waals surface area contributed by atoms with Crippen molar-refractivity contribution in [1.29, 1.82) is 0 Å². The van der Waals surface area contributed by atoms with E-state index in [0.717, 1.165) is 26.5 Å². The van der Waals surface area contributed by atoms with Gasteiger partial charge in [-0.25, -0.2) is 0 Å². The fourth-order valence-electron chi connectivity index (χ4n) is 2.85. The van der Waals surface area contributed by atoms with E-state index in [2.05, 4.69) is 26.5 Å². The molecular formula is C20H22N2O2SSe. The van der Waals surface area contributed by atoms with Gasteiger partial charge in [0.15, 0.2) is 0 Å². The molecule has 26 heavy (non-hydrogen) atoms. The molecule has 0 heterocycles. The van der Waals surface area contributed by atoms with Gasteiger partial charge in [-0.05, 0) is 0 Å². The molecule has 0 spiro atoms. The number of rotatable bonds is 4. The third-order valence-electron chi connectivity index (χ3n) is 4.17. The van der Waals surface area contributed by atoms with Crippen molar-refractivity contribution in [3.63, 3.8) is 0 Å². The second-order valence-corrected chi connectivity index (χ2v) is 11.8. The van der Waals surface area contributed by atoms with Crippen LogP contribution in [0.5, 0.6) is 0 Å². The zero-order valence-electron chi connectivity index (χ0n) is 15.3. The summed E-state index contributed by atoms with van der Waals surface area (Å²) >= 11 is -1.92. The molecule has 0 amide bonds. The first-order valence-electron chi connectivity index (χ1n) is 8.19. The standard InChI is InChI=1S/C20H22N2O2SSe/c1-15-11-13-17(14-12-15)25(23,24)21-26(4)19-10-6-8-16-7-5-9-18(20(16)19)22(2)3/h5-14H,1-4H3. The summed E-state index contributed by atoms with van der Waals surface area (Å²) in [7, 11) is 0.334. The second-order valence-electron chi connectivity index (χ2n) is 6.37. The number of fused-ring (bicyclic) bond motifs is 1. The van der Waals surface area contributed by atoms with Crippen LogP contribution >= 0.6 is 0 Å². The zero-order chi connectivity index (χ0) is 18.9. The monoisotopic (exact) mass is 434 g/mol. The van der Waals surface area contributed by atoms with E-state index in [1.54, 1.807) is 24.3 Å². The van der Waals surface area contributed by atoms with E-state index in [1.807, 2.05) is 45.0 Å². The minimum atomic E-state index is -3.66. The first-order chi connectivity index (χ1) is 12.3. The molecule has 3 rings (SSSR count). The van der Waals surface area contributed by atoms with E-state index in [1.165, 1.54) is 0 Å². The molecular weight excluding hydrogens is 411 g/mol. The molecule has 4 nitrogen and oxygen atoms in total. The molecule has 0 N–H and O–H groups in total. The van der Waals surface area contributed by atoms with Crippen molar-refractivity contribution >= 4 is 44.7 Å². The average Bonchev–Trinajstić information content (AvgIpc) is 2.60. The van der Waals surface area contributed by atoms with E-state index < -0.39 is 23.7 Å². The first-order valence-corrected chi connectivity index (χ1v) is 13.0. The topological polar surface area (TPSA) is 49.7 Å². The molecule has 0 fully saturated rings. The number of sulfonamides is 1. The van der Waals surface area contributed by atoms with Gasteiger partial charge >= 0.3 is 159 Å². The van der Waals surface area contributed by atoms with E-state index in [9.17, 15) is 8.42 Å². The summed E-state index contributed by atoms with van der Waals surface area (Å²) in [4.78, 5) is 2.31. The van der Waals surface area contributed by atoms with E-state index in [4.69, 9.17) is 0 Å². The molecule has 3 aromatic carbocycles. The summed E-state index contributed by atoms with van der Waals surface area (Å²) in [6.07, 6.45) is 0. The van der Waals surface area contributed by atoms with Crippen LogP contribution in [0.1, 0.15) is 5.56 Å². The van der Waals surface area contributed by atoms with Crippen LogP contribution in [-0.4, -0.2) is 36.2 Å². The van der Waals surface area contributed by atoms with Crippen LogP contribution in [0.4, 0.5) is 5.69 Å². The molecule has 6 heteroatoms. The molecule has 0 radical (unpaired) electrons. The van der Waals surface area contributed by atoms with Gasteiger partial charge in [-0.1, -0.05) is 0 Å². The van der Waals surface area contributed by atoms with Crippen molar-refractivity contribution in [3.8, 4) is 0 Å². The maximum atomic E-state index is 12.7. The number of benzene rings is 3. The van der Waals surface area contributed by atoms with Crippen LogP contribution in [0.3, 0.4) is 0 Å². The Hall–Kier alpha value is -2.01. The Morgan fingerprint density at radius 2 is 1.54 bits per heavy atom. The molecule has 0 aliphatic carbocycles. The van der Waals surface area contributed by atoms with Gasteiger partial charge in [0, 0.05) is 0 Å². The average molecular weight is 433 g/mol.